The summed E-state index contributed by atoms with van der Waals surface area (Å²) < 4.78 is 38.9. The van der Waals surface area contributed by atoms with Crippen LogP contribution in [0.1, 0.15) is 13.3 Å². The van der Waals surface area contributed by atoms with Gasteiger partial charge in [-0.25, -0.2) is 21.8 Å². The Hall–Kier alpha value is -1.95. The van der Waals surface area contributed by atoms with Crippen LogP contribution in [0.2, 0.25) is 0 Å². The molecule has 0 N–H and O–H groups in total. The van der Waals surface area contributed by atoms with Gasteiger partial charge in [-0.3, -0.25) is 0 Å². The van der Waals surface area contributed by atoms with Crippen molar-refractivity contribution < 1.29 is 12.8 Å². The van der Waals surface area contributed by atoms with Crippen molar-refractivity contribution in [2.45, 2.75) is 18.1 Å². The molecule has 2 heterocycles. The van der Waals surface area contributed by atoms with E-state index < -0.39 is 20.6 Å². The Morgan fingerprint density at radius 3 is 2.95 bits per heavy atom. The summed E-state index contributed by atoms with van der Waals surface area (Å²) >= 11 is 0. The van der Waals surface area contributed by atoms with Gasteiger partial charge in [0.1, 0.15) is 10.6 Å². The first-order chi connectivity index (χ1) is 9.44. The van der Waals surface area contributed by atoms with Gasteiger partial charge in [-0.15, -0.1) is 0 Å². The summed E-state index contributed by atoms with van der Waals surface area (Å²) in [6, 6.07) is 5.21. The molecule has 20 heavy (non-hydrogen) atoms. The first-order valence-corrected chi connectivity index (χ1v) is 7.60. The van der Waals surface area contributed by atoms with Crippen molar-refractivity contribution in [2.75, 3.05) is 0 Å². The summed E-state index contributed by atoms with van der Waals surface area (Å²) in [5, 5.41) is 0.732. The summed E-state index contributed by atoms with van der Waals surface area (Å²) in [6.45, 7) is 1.51. The number of fused-ring (bicyclic) bond motifs is 1. The molecule has 2 aromatic rings. The number of hydrogen-bond acceptors (Lipinski definition) is 3. The molecule has 0 bridgehead atoms. The van der Waals surface area contributed by atoms with Crippen molar-refractivity contribution >= 4 is 21.1 Å². The van der Waals surface area contributed by atoms with E-state index in [9.17, 15) is 12.8 Å². The molecule has 2 aromatic heterocycles. The van der Waals surface area contributed by atoms with Crippen molar-refractivity contribution in [2.24, 2.45) is 0 Å². The Bertz CT molecular complexity index is 836. The number of allylic oxidation sites excluding steroid dienone is 3. The van der Waals surface area contributed by atoms with Gasteiger partial charge in [0, 0.05) is 17.8 Å². The minimum Gasteiger partial charge on any atom is -0.237 e. The fraction of sp³-hybridized carbons (Fsp3) is 0.214. The molecule has 0 spiro atoms. The van der Waals surface area contributed by atoms with Crippen LogP contribution in [0.4, 0.5) is 4.39 Å². The molecule has 1 unspecified atom stereocenters. The first-order valence-electron chi connectivity index (χ1n) is 6.16. The summed E-state index contributed by atoms with van der Waals surface area (Å²) in [5.41, 5.74) is 0.358. The molecular weight excluding hydrogens is 279 g/mol. The Labute approximate surface area is 116 Å². The summed E-state index contributed by atoms with van der Waals surface area (Å²) in [7, 11) is -3.79. The first kappa shape index (κ1) is 13.1. The van der Waals surface area contributed by atoms with E-state index in [4.69, 9.17) is 0 Å². The molecule has 0 aliphatic heterocycles. The molecule has 104 valence electrons. The maximum Gasteiger partial charge on any atom is 0.249 e. The second-order valence-corrected chi connectivity index (χ2v) is 7.26. The molecule has 0 saturated carbocycles. The van der Waals surface area contributed by atoms with Crippen molar-refractivity contribution in [1.29, 1.82) is 0 Å². The van der Waals surface area contributed by atoms with Gasteiger partial charge < -0.3 is 0 Å². The van der Waals surface area contributed by atoms with Gasteiger partial charge in [0.15, 0.2) is 5.65 Å². The molecule has 0 amide bonds. The Balaban J connectivity index is 2.20. The monoisotopic (exact) mass is 292 g/mol. The predicted octanol–water partition coefficient (Wildman–Crippen LogP) is 2.79. The lowest BCUT2D eigenvalue weighted by atomic mass is 10.0. The average Bonchev–Trinajstić information content (AvgIpc) is 2.82. The van der Waals surface area contributed by atoms with Gasteiger partial charge in [-0.2, -0.15) is 0 Å². The molecule has 1 aliphatic carbocycles. The summed E-state index contributed by atoms with van der Waals surface area (Å²) in [6.07, 6.45) is 7.19. The fourth-order valence-corrected chi connectivity index (χ4v) is 3.96. The number of nitrogens with zero attached hydrogens (tertiary/aromatic N) is 2. The Kier molecular flexibility index (Phi) is 2.79. The van der Waals surface area contributed by atoms with Gasteiger partial charge in [0.2, 0.25) is 10.0 Å². The largest absolute Gasteiger partial charge is 0.249 e. The van der Waals surface area contributed by atoms with Gasteiger partial charge in [-0.05, 0) is 43.7 Å². The van der Waals surface area contributed by atoms with Crippen LogP contribution in [-0.4, -0.2) is 22.1 Å². The normalized spacial score (nSPS) is 23.0. The molecule has 1 aliphatic rings. The molecule has 0 fully saturated rings. The molecule has 0 aromatic carbocycles. The zero-order valence-electron chi connectivity index (χ0n) is 10.8. The van der Waals surface area contributed by atoms with E-state index in [1.54, 1.807) is 18.2 Å². The highest BCUT2D eigenvalue weighted by Gasteiger charge is 2.40. The lowest BCUT2D eigenvalue weighted by Gasteiger charge is -2.27. The minimum absolute atomic E-state index is 0.231. The van der Waals surface area contributed by atoms with E-state index in [2.05, 4.69) is 4.98 Å². The number of halogens is 1. The maximum atomic E-state index is 13.4. The zero-order valence-corrected chi connectivity index (χ0v) is 11.6. The van der Waals surface area contributed by atoms with E-state index in [0.717, 1.165) is 15.4 Å². The zero-order chi connectivity index (χ0) is 14.4. The molecule has 3 rings (SSSR count). The number of rotatable bonds is 2. The van der Waals surface area contributed by atoms with Crippen molar-refractivity contribution in [3.63, 3.8) is 0 Å². The second-order valence-electron chi connectivity index (χ2n) is 4.98. The highest BCUT2D eigenvalue weighted by molar-refractivity contribution is 7.91. The van der Waals surface area contributed by atoms with E-state index >= 15 is 0 Å². The van der Waals surface area contributed by atoms with Crippen molar-refractivity contribution in [3.05, 3.63) is 54.6 Å². The Morgan fingerprint density at radius 1 is 1.40 bits per heavy atom. The van der Waals surface area contributed by atoms with Crippen LogP contribution in [0, 0.1) is 0 Å². The third-order valence-electron chi connectivity index (χ3n) is 3.51. The number of pyridine rings is 1. The lowest BCUT2D eigenvalue weighted by molar-refractivity contribution is 0.545. The Morgan fingerprint density at radius 2 is 2.20 bits per heavy atom. The van der Waals surface area contributed by atoms with E-state index in [1.165, 1.54) is 31.5 Å². The summed E-state index contributed by atoms with van der Waals surface area (Å²) in [5.74, 6) is -0.535. The van der Waals surface area contributed by atoms with Crippen LogP contribution in [0.5, 0.6) is 0 Å². The second kappa shape index (κ2) is 4.28. The van der Waals surface area contributed by atoms with E-state index in [0.29, 0.717) is 5.65 Å². The topological polar surface area (TPSA) is 52.0 Å². The predicted molar refractivity (Wildman–Crippen MR) is 75.4 cm³/mol. The smallest absolute Gasteiger partial charge is 0.237 e. The molecule has 4 nitrogen and oxygen atoms in total. The van der Waals surface area contributed by atoms with Gasteiger partial charge in [-0.1, -0.05) is 6.08 Å². The van der Waals surface area contributed by atoms with Crippen LogP contribution < -0.4 is 0 Å². The SMILES string of the molecule is CC1(S(=O)(=O)n2ccc3cccnc32)C=C(F)C=CC1. The van der Waals surface area contributed by atoms with Crippen LogP contribution in [0.3, 0.4) is 0 Å². The molecule has 0 radical (unpaired) electrons. The molecular formula is C14H13FN2O2S. The average molecular weight is 292 g/mol. The van der Waals surface area contributed by atoms with Gasteiger partial charge in [0.25, 0.3) is 0 Å². The van der Waals surface area contributed by atoms with Crippen molar-refractivity contribution in [1.82, 2.24) is 8.96 Å². The quantitative estimate of drug-likeness (QED) is 0.855. The number of hydrogen-bond donors (Lipinski definition) is 0. The highest BCUT2D eigenvalue weighted by Crippen LogP contribution is 2.32. The van der Waals surface area contributed by atoms with E-state index in [-0.39, 0.29) is 6.42 Å². The lowest BCUT2D eigenvalue weighted by Crippen LogP contribution is -2.38. The molecule has 6 heteroatoms. The van der Waals surface area contributed by atoms with E-state index in [1.807, 2.05) is 0 Å². The minimum atomic E-state index is -3.79. The fourth-order valence-electron chi connectivity index (χ4n) is 2.34. The standard InChI is InChI=1S/C14H13FN2O2S/c1-14(7-2-5-12(15)10-14)20(18,19)17-9-6-11-4-3-8-16-13(11)17/h2-6,8-10H,7H2,1H3. The summed E-state index contributed by atoms with van der Waals surface area (Å²) in [4.78, 5) is 4.10. The van der Waals surface area contributed by atoms with Crippen LogP contribution >= 0.6 is 0 Å². The van der Waals surface area contributed by atoms with Crippen molar-refractivity contribution in [3.8, 4) is 0 Å². The highest BCUT2D eigenvalue weighted by atomic mass is 32.2. The van der Waals surface area contributed by atoms with Gasteiger partial charge in [0.05, 0.1) is 0 Å². The van der Waals surface area contributed by atoms with Gasteiger partial charge >= 0.3 is 0 Å². The maximum absolute atomic E-state index is 13.4. The van der Waals surface area contributed by atoms with Crippen LogP contribution in [0.15, 0.2) is 54.6 Å². The number of aromatic nitrogens is 2. The molecule has 1 atom stereocenters. The third kappa shape index (κ3) is 1.79. The molecule has 0 saturated heterocycles. The van der Waals surface area contributed by atoms with Crippen LogP contribution in [-0.2, 0) is 10.0 Å². The third-order valence-corrected chi connectivity index (χ3v) is 5.78. The van der Waals surface area contributed by atoms with Crippen LogP contribution in [0.25, 0.3) is 11.0 Å².